The van der Waals surface area contributed by atoms with E-state index in [4.69, 9.17) is 10.3 Å². The molecule has 208 valence electrons. The molecule has 4 rings (SSSR count). The van der Waals surface area contributed by atoms with Crippen molar-refractivity contribution >= 4 is 77.8 Å². The number of sulfonamides is 2. The minimum Gasteiger partial charge on any atom is -0.325 e. The van der Waals surface area contributed by atoms with E-state index in [9.17, 15) is 26.4 Å². The van der Waals surface area contributed by atoms with E-state index in [1.54, 1.807) is 12.1 Å². The number of primary sulfonamides is 2. The van der Waals surface area contributed by atoms with Gasteiger partial charge in [-0.2, -0.15) is 0 Å². The number of para-hydroxylation sites is 2. The average Bonchev–Trinajstić information content (AvgIpc) is 2.90. The highest BCUT2D eigenvalue weighted by atomic mass is 32.2. The summed E-state index contributed by atoms with van der Waals surface area (Å²) in [5, 5.41) is 16.4. The van der Waals surface area contributed by atoms with Crippen LogP contribution in [0.5, 0.6) is 0 Å². The number of nitrogens with zero attached hydrogens (tertiary/aromatic N) is 2. The maximum absolute atomic E-state index is 12.6. The van der Waals surface area contributed by atoms with Crippen LogP contribution in [0.2, 0.25) is 0 Å². The molecule has 3 aromatic carbocycles. The van der Waals surface area contributed by atoms with Crippen molar-refractivity contribution in [2.75, 3.05) is 22.1 Å². The lowest BCUT2D eigenvalue weighted by molar-refractivity contribution is -0.114. The fraction of sp³-hybridized carbons (Fsp3) is 0.0833. The summed E-state index contributed by atoms with van der Waals surface area (Å²) in [6.07, 6.45) is 0. The Labute approximate surface area is 238 Å². The molecule has 0 aliphatic rings. The minimum absolute atomic E-state index is 0.0277. The van der Waals surface area contributed by atoms with Gasteiger partial charge in [0.2, 0.25) is 31.9 Å². The molecule has 16 heteroatoms. The van der Waals surface area contributed by atoms with Gasteiger partial charge in [0.25, 0.3) is 0 Å². The molecule has 0 aliphatic carbocycles. The van der Waals surface area contributed by atoms with Crippen LogP contribution < -0.4 is 20.9 Å². The summed E-state index contributed by atoms with van der Waals surface area (Å²) in [5.41, 5.74) is 2.03. The monoisotopic (exact) mass is 618 g/mol. The zero-order chi connectivity index (χ0) is 28.9. The molecule has 2 amide bonds. The summed E-state index contributed by atoms with van der Waals surface area (Å²) in [7, 11) is -7.69. The van der Waals surface area contributed by atoms with Crippen LogP contribution in [0.3, 0.4) is 0 Å². The first-order chi connectivity index (χ1) is 18.9. The molecule has 0 atom stereocenters. The Morgan fingerprint density at radius 2 is 0.975 bits per heavy atom. The molecule has 0 unspecified atom stereocenters. The Morgan fingerprint density at radius 3 is 1.30 bits per heavy atom. The average molecular weight is 619 g/mol. The fourth-order valence-corrected chi connectivity index (χ4v) is 6.00. The number of anilines is 2. The topological polar surface area (TPSA) is 204 Å². The maximum atomic E-state index is 12.6. The number of benzene rings is 3. The molecule has 0 fully saturated rings. The highest BCUT2D eigenvalue weighted by Gasteiger charge is 2.15. The van der Waals surface area contributed by atoms with Crippen LogP contribution in [0.25, 0.3) is 11.0 Å². The predicted octanol–water partition coefficient (Wildman–Crippen LogP) is 2.39. The predicted molar refractivity (Wildman–Crippen MR) is 154 cm³/mol. The number of rotatable bonds is 10. The lowest BCUT2D eigenvalue weighted by atomic mass is 10.3. The third kappa shape index (κ3) is 8.00. The molecule has 0 saturated heterocycles. The van der Waals surface area contributed by atoms with Gasteiger partial charge in [0, 0.05) is 11.4 Å². The lowest BCUT2D eigenvalue weighted by Crippen LogP contribution is -2.16. The number of fused-ring (bicyclic) bond motifs is 1. The molecule has 0 aliphatic heterocycles. The molecular formula is C24H22N6O6S4. The van der Waals surface area contributed by atoms with Crippen LogP contribution in [0.4, 0.5) is 11.4 Å². The van der Waals surface area contributed by atoms with Gasteiger partial charge in [0.05, 0.1) is 32.3 Å². The van der Waals surface area contributed by atoms with E-state index < -0.39 is 20.0 Å². The number of hydrogen-bond donors (Lipinski definition) is 4. The van der Waals surface area contributed by atoms with Gasteiger partial charge in [0.1, 0.15) is 10.1 Å². The number of carbonyl (C=O) groups excluding carboxylic acids is 2. The van der Waals surface area contributed by atoms with Crippen LogP contribution in [-0.2, 0) is 29.6 Å². The minimum atomic E-state index is -3.84. The largest absolute Gasteiger partial charge is 0.325 e. The zero-order valence-corrected chi connectivity index (χ0v) is 23.7. The molecule has 0 bridgehead atoms. The molecule has 4 aromatic rings. The maximum Gasteiger partial charge on any atom is 0.238 e. The van der Waals surface area contributed by atoms with Crippen molar-refractivity contribution in [3.05, 3.63) is 72.8 Å². The van der Waals surface area contributed by atoms with Gasteiger partial charge in [-0.3, -0.25) is 9.59 Å². The second-order valence-corrected chi connectivity index (χ2v) is 13.2. The van der Waals surface area contributed by atoms with Crippen molar-refractivity contribution < 1.29 is 26.4 Å². The summed E-state index contributed by atoms with van der Waals surface area (Å²) in [5.74, 6) is -0.778. The molecule has 0 radical (unpaired) electrons. The number of carbonyl (C=O) groups is 2. The molecule has 40 heavy (non-hydrogen) atoms. The molecule has 6 N–H and O–H groups in total. The molecule has 1 heterocycles. The standard InChI is InChI=1S/C24H22N6O6S4/c25-39(33,34)17-9-5-15(6-10-17)27-21(31)13-37-23-24(30-20-4-2-1-3-19(20)29-23)38-14-22(32)28-16-7-11-18(12-8-16)40(26,35)36/h1-12H,13-14H2,(H,27,31)(H,28,32)(H2,25,33,34)(H2,26,35,36). The highest BCUT2D eigenvalue weighted by molar-refractivity contribution is 8.02. The number of nitrogens with one attached hydrogen (secondary N) is 2. The first-order valence-electron chi connectivity index (χ1n) is 11.3. The normalized spacial score (nSPS) is 11.8. The van der Waals surface area contributed by atoms with E-state index in [1.165, 1.54) is 48.5 Å². The SMILES string of the molecule is NS(=O)(=O)c1ccc(NC(=O)CSc2nc3ccccc3nc2SCC(=O)Nc2ccc(S(N)(=O)=O)cc2)cc1. The van der Waals surface area contributed by atoms with E-state index in [-0.39, 0.29) is 33.1 Å². The second-order valence-electron chi connectivity index (χ2n) is 8.14. The third-order valence-electron chi connectivity index (χ3n) is 5.12. The molecule has 1 aromatic heterocycles. The lowest BCUT2D eigenvalue weighted by Gasteiger charge is -2.10. The Bertz CT molecular complexity index is 1650. The number of hydrogen-bond acceptors (Lipinski definition) is 10. The van der Waals surface area contributed by atoms with Gasteiger partial charge in [-0.15, -0.1) is 0 Å². The third-order valence-corrected chi connectivity index (χ3v) is 9.04. The number of amides is 2. The molecule has 0 saturated carbocycles. The van der Waals surface area contributed by atoms with E-state index in [1.807, 2.05) is 12.1 Å². The first-order valence-corrected chi connectivity index (χ1v) is 16.3. The summed E-state index contributed by atoms with van der Waals surface area (Å²) in [6, 6.07) is 18.1. The summed E-state index contributed by atoms with van der Waals surface area (Å²) < 4.78 is 45.6. The van der Waals surface area contributed by atoms with Crippen LogP contribution in [0.1, 0.15) is 0 Å². The summed E-state index contributed by atoms with van der Waals surface area (Å²) >= 11 is 2.27. The summed E-state index contributed by atoms with van der Waals surface area (Å²) in [6.45, 7) is 0. The molecule has 12 nitrogen and oxygen atoms in total. The second kappa shape index (κ2) is 12.3. The van der Waals surface area contributed by atoms with Crippen LogP contribution >= 0.6 is 23.5 Å². The van der Waals surface area contributed by atoms with Gasteiger partial charge in [-0.05, 0) is 60.7 Å². The van der Waals surface area contributed by atoms with E-state index >= 15 is 0 Å². The Hall–Kier alpha value is -3.54. The molecule has 0 spiro atoms. The van der Waals surface area contributed by atoms with Crippen LogP contribution in [0.15, 0.2) is 92.6 Å². The van der Waals surface area contributed by atoms with Crippen molar-refractivity contribution in [3.8, 4) is 0 Å². The van der Waals surface area contributed by atoms with Gasteiger partial charge in [-0.1, -0.05) is 35.7 Å². The van der Waals surface area contributed by atoms with E-state index in [0.717, 1.165) is 23.5 Å². The van der Waals surface area contributed by atoms with Gasteiger partial charge in [-0.25, -0.2) is 37.1 Å². The Kier molecular flexibility index (Phi) is 9.07. The van der Waals surface area contributed by atoms with Crippen molar-refractivity contribution in [2.24, 2.45) is 10.3 Å². The zero-order valence-electron chi connectivity index (χ0n) is 20.5. The number of nitrogens with two attached hydrogens (primary N) is 2. The van der Waals surface area contributed by atoms with Crippen molar-refractivity contribution in [3.63, 3.8) is 0 Å². The van der Waals surface area contributed by atoms with Crippen molar-refractivity contribution in [1.29, 1.82) is 0 Å². The molecular weight excluding hydrogens is 597 g/mol. The fourth-order valence-electron chi connectivity index (χ4n) is 3.27. The van der Waals surface area contributed by atoms with Crippen LogP contribution in [0, 0.1) is 0 Å². The smallest absolute Gasteiger partial charge is 0.238 e. The van der Waals surface area contributed by atoms with E-state index in [2.05, 4.69) is 20.6 Å². The quantitative estimate of drug-likeness (QED) is 0.191. The Balaban J connectivity index is 1.42. The van der Waals surface area contributed by atoms with Gasteiger partial charge in [0.15, 0.2) is 0 Å². The first kappa shape index (κ1) is 29.4. The van der Waals surface area contributed by atoms with Crippen LogP contribution in [-0.4, -0.2) is 50.1 Å². The van der Waals surface area contributed by atoms with E-state index in [0.29, 0.717) is 32.5 Å². The Morgan fingerprint density at radius 1 is 0.625 bits per heavy atom. The van der Waals surface area contributed by atoms with Crippen molar-refractivity contribution in [1.82, 2.24) is 9.97 Å². The summed E-state index contributed by atoms with van der Waals surface area (Å²) in [4.78, 5) is 34.2. The number of aromatic nitrogens is 2. The number of thioether (sulfide) groups is 2. The van der Waals surface area contributed by atoms with Crippen molar-refractivity contribution in [2.45, 2.75) is 19.8 Å². The van der Waals surface area contributed by atoms with Gasteiger partial charge >= 0.3 is 0 Å². The highest BCUT2D eigenvalue weighted by Crippen LogP contribution is 2.30. The van der Waals surface area contributed by atoms with Gasteiger partial charge < -0.3 is 10.6 Å².